The van der Waals surface area contributed by atoms with E-state index in [0.29, 0.717) is 28.3 Å². The number of thiazole rings is 1. The van der Waals surface area contributed by atoms with Gasteiger partial charge in [-0.05, 0) is 12.1 Å². The van der Waals surface area contributed by atoms with Crippen molar-refractivity contribution >= 4 is 33.1 Å². The van der Waals surface area contributed by atoms with Crippen molar-refractivity contribution in [2.24, 2.45) is 0 Å². The zero-order valence-electron chi connectivity index (χ0n) is 16.9. The number of fused-ring (bicyclic) bond motifs is 1. The number of nitrogens with zero attached hydrogens (tertiary/aromatic N) is 5. The Labute approximate surface area is 178 Å². The van der Waals surface area contributed by atoms with E-state index in [1.165, 1.54) is 11.3 Å². The third kappa shape index (κ3) is 4.07. The fourth-order valence-corrected chi connectivity index (χ4v) is 3.94. The molecule has 0 unspecified atom stereocenters. The van der Waals surface area contributed by atoms with Crippen LogP contribution in [0.2, 0.25) is 0 Å². The smallest absolute Gasteiger partial charge is 0.241 e. The second kappa shape index (κ2) is 8.05. The first-order valence-electron chi connectivity index (χ1n) is 9.41. The fraction of sp³-hybridized carbons (Fsp3) is 0.227. The molecule has 0 spiro atoms. The SMILES string of the molecule is CC(C)(C)c1nc(Nc2nnc(OCc3cccnc3)c3ccccc23)sc1C#N. The predicted octanol–water partition coefficient (Wildman–Crippen LogP) is 4.97. The van der Waals surface area contributed by atoms with E-state index in [4.69, 9.17) is 4.74 Å². The maximum atomic E-state index is 9.47. The summed E-state index contributed by atoms with van der Waals surface area (Å²) in [7, 11) is 0. The van der Waals surface area contributed by atoms with Gasteiger partial charge in [-0.2, -0.15) is 5.26 Å². The minimum Gasteiger partial charge on any atom is -0.471 e. The molecule has 8 heteroatoms. The third-order valence-electron chi connectivity index (χ3n) is 4.42. The summed E-state index contributed by atoms with van der Waals surface area (Å²) in [6.07, 6.45) is 3.48. The van der Waals surface area contributed by atoms with Gasteiger partial charge in [0.2, 0.25) is 5.88 Å². The molecule has 0 saturated heterocycles. The molecule has 1 aromatic carbocycles. The van der Waals surface area contributed by atoms with Crippen LogP contribution >= 0.6 is 11.3 Å². The lowest BCUT2D eigenvalue weighted by molar-refractivity contribution is 0.294. The van der Waals surface area contributed by atoms with Crippen LogP contribution in [0.5, 0.6) is 5.88 Å². The molecule has 0 amide bonds. The minimum absolute atomic E-state index is 0.223. The number of aromatic nitrogens is 4. The van der Waals surface area contributed by atoms with Gasteiger partial charge < -0.3 is 10.1 Å². The molecule has 1 N–H and O–H groups in total. The standard InChI is InChI=1S/C22H20N6OS/c1-22(2,3)18-17(11-23)30-21(25-18)26-19-15-8-4-5-9-16(15)20(28-27-19)29-13-14-7-6-10-24-12-14/h4-10,12H,13H2,1-3H3,(H,25,26,27). The molecular formula is C22H20N6OS. The van der Waals surface area contributed by atoms with Crippen LogP contribution in [0.4, 0.5) is 10.9 Å². The first-order chi connectivity index (χ1) is 14.5. The zero-order chi connectivity index (χ0) is 21.1. The molecule has 7 nitrogen and oxygen atoms in total. The largest absolute Gasteiger partial charge is 0.471 e. The molecule has 30 heavy (non-hydrogen) atoms. The summed E-state index contributed by atoms with van der Waals surface area (Å²) in [5.74, 6) is 1.02. The molecule has 4 rings (SSSR count). The lowest BCUT2D eigenvalue weighted by atomic mass is 9.91. The maximum Gasteiger partial charge on any atom is 0.241 e. The quantitative estimate of drug-likeness (QED) is 0.490. The van der Waals surface area contributed by atoms with Crippen molar-refractivity contribution in [2.75, 3.05) is 5.32 Å². The molecular weight excluding hydrogens is 396 g/mol. The molecule has 0 aliphatic rings. The summed E-state index contributed by atoms with van der Waals surface area (Å²) in [5, 5.41) is 23.6. The second-order valence-electron chi connectivity index (χ2n) is 7.73. The highest BCUT2D eigenvalue weighted by molar-refractivity contribution is 7.16. The Morgan fingerprint density at radius 1 is 1.10 bits per heavy atom. The van der Waals surface area contributed by atoms with Gasteiger partial charge in [0, 0.05) is 34.1 Å². The van der Waals surface area contributed by atoms with Crippen molar-refractivity contribution in [2.45, 2.75) is 32.8 Å². The van der Waals surface area contributed by atoms with Gasteiger partial charge in [-0.15, -0.1) is 10.2 Å². The normalized spacial score (nSPS) is 11.3. The predicted molar refractivity (Wildman–Crippen MR) is 117 cm³/mol. The van der Waals surface area contributed by atoms with Crippen LogP contribution in [0.25, 0.3) is 10.8 Å². The van der Waals surface area contributed by atoms with Gasteiger partial charge in [0.05, 0.1) is 5.69 Å². The summed E-state index contributed by atoms with van der Waals surface area (Å²) in [6, 6.07) is 13.8. The average Bonchev–Trinajstić information content (AvgIpc) is 3.17. The molecule has 0 aliphatic carbocycles. The maximum absolute atomic E-state index is 9.47. The van der Waals surface area contributed by atoms with E-state index < -0.39 is 0 Å². The average molecular weight is 417 g/mol. The molecule has 4 aromatic rings. The van der Waals surface area contributed by atoms with Crippen LogP contribution in [0.15, 0.2) is 48.8 Å². The number of nitriles is 1. The summed E-state index contributed by atoms with van der Waals surface area (Å²) >= 11 is 1.31. The van der Waals surface area contributed by atoms with Gasteiger partial charge in [-0.25, -0.2) is 4.98 Å². The number of anilines is 2. The highest BCUT2D eigenvalue weighted by Gasteiger charge is 2.24. The lowest BCUT2D eigenvalue weighted by Gasteiger charge is -2.15. The van der Waals surface area contributed by atoms with E-state index in [1.54, 1.807) is 12.4 Å². The van der Waals surface area contributed by atoms with E-state index in [2.05, 4.69) is 31.6 Å². The Hall–Kier alpha value is -3.57. The van der Waals surface area contributed by atoms with Crippen molar-refractivity contribution in [3.8, 4) is 11.9 Å². The van der Waals surface area contributed by atoms with E-state index in [9.17, 15) is 5.26 Å². The Bertz CT molecular complexity index is 1220. The van der Waals surface area contributed by atoms with Gasteiger partial charge in [0.15, 0.2) is 10.9 Å². The van der Waals surface area contributed by atoms with Crippen LogP contribution in [0.1, 0.15) is 36.9 Å². The third-order valence-corrected chi connectivity index (χ3v) is 5.29. The van der Waals surface area contributed by atoms with Crippen LogP contribution in [0, 0.1) is 11.3 Å². The van der Waals surface area contributed by atoms with Crippen LogP contribution in [-0.4, -0.2) is 20.2 Å². The van der Waals surface area contributed by atoms with Gasteiger partial charge in [-0.1, -0.05) is 56.4 Å². The molecule has 3 heterocycles. The number of ether oxygens (including phenoxy) is 1. The Morgan fingerprint density at radius 3 is 2.57 bits per heavy atom. The summed E-state index contributed by atoms with van der Waals surface area (Å²) in [4.78, 5) is 9.33. The second-order valence-corrected chi connectivity index (χ2v) is 8.73. The molecule has 150 valence electrons. The van der Waals surface area contributed by atoms with Crippen LogP contribution in [0.3, 0.4) is 0 Å². The van der Waals surface area contributed by atoms with Crippen molar-refractivity contribution in [1.82, 2.24) is 20.2 Å². The van der Waals surface area contributed by atoms with Crippen LogP contribution < -0.4 is 10.1 Å². The molecule has 0 saturated carbocycles. The Balaban J connectivity index is 1.65. The highest BCUT2D eigenvalue weighted by atomic mass is 32.1. The monoisotopic (exact) mass is 416 g/mol. The number of rotatable bonds is 5. The first-order valence-corrected chi connectivity index (χ1v) is 10.2. The lowest BCUT2D eigenvalue weighted by Crippen LogP contribution is -2.13. The first kappa shape index (κ1) is 19.7. The number of nitrogens with one attached hydrogen (secondary N) is 1. The number of hydrogen-bond donors (Lipinski definition) is 1. The molecule has 0 atom stereocenters. The van der Waals surface area contributed by atoms with Gasteiger partial charge >= 0.3 is 0 Å². The molecule has 0 fully saturated rings. The van der Waals surface area contributed by atoms with Crippen LogP contribution in [-0.2, 0) is 12.0 Å². The van der Waals surface area contributed by atoms with Crippen molar-refractivity contribution < 1.29 is 4.74 Å². The summed E-state index contributed by atoms with van der Waals surface area (Å²) < 4.78 is 5.90. The summed E-state index contributed by atoms with van der Waals surface area (Å²) in [6.45, 7) is 6.47. The molecule has 3 aromatic heterocycles. The Kier molecular flexibility index (Phi) is 5.29. The minimum atomic E-state index is -0.223. The topological polar surface area (TPSA) is 96.6 Å². The van der Waals surface area contributed by atoms with E-state index in [1.807, 2.05) is 57.2 Å². The number of hydrogen-bond acceptors (Lipinski definition) is 8. The molecule has 0 radical (unpaired) electrons. The van der Waals surface area contributed by atoms with Crippen molar-refractivity contribution in [3.63, 3.8) is 0 Å². The fourth-order valence-electron chi connectivity index (χ4n) is 2.97. The molecule has 0 bridgehead atoms. The van der Waals surface area contributed by atoms with E-state index >= 15 is 0 Å². The van der Waals surface area contributed by atoms with Gasteiger partial charge in [0.1, 0.15) is 17.6 Å². The zero-order valence-corrected chi connectivity index (χ0v) is 17.7. The van der Waals surface area contributed by atoms with Crippen molar-refractivity contribution in [3.05, 3.63) is 64.9 Å². The van der Waals surface area contributed by atoms with E-state index in [-0.39, 0.29) is 5.41 Å². The van der Waals surface area contributed by atoms with Gasteiger partial charge in [-0.3, -0.25) is 4.98 Å². The number of pyridine rings is 1. The van der Waals surface area contributed by atoms with E-state index in [0.717, 1.165) is 22.0 Å². The highest BCUT2D eigenvalue weighted by Crippen LogP contribution is 2.35. The van der Waals surface area contributed by atoms with Crippen molar-refractivity contribution in [1.29, 1.82) is 5.26 Å². The van der Waals surface area contributed by atoms with Gasteiger partial charge in [0.25, 0.3) is 0 Å². The molecule has 0 aliphatic heterocycles. The number of benzene rings is 1. The Morgan fingerprint density at radius 2 is 1.90 bits per heavy atom. The summed E-state index contributed by atoms with van der Waals surface area (Å²) in [5.41, 5.74) is 1.50.